The molecule has 0 spiro atoms. The van der Waals surface area contributed by atoms with Gasteiger partial charge in [0.05, 0.1) is 5.39 Å². The number of carboxylic acid groups (broad SMARTS) is 1. The number of nitrogens with one attached hydrogen (secondary N) is 1. The molecule has 0 aliphatic carbocycles. The van der Waals surface area contributed by atoms with Gasteiger partial charge in [-0.3, -0.25) is 9.59 Å². The first-order chi connectivity index (χ1) is 13.6. The number of carbonyl (C=O) groups is 2. The molecule has 0 saturated carbocycles. The highest BCUT2D eigenvalue weighted by atomic mass is 16.5. The number of nitrogens with zero attached hydrogens (tertiary/aromatic N) is 3. The number of para-hydroxylation sites is 1. The quantitative estimate of drug-likeness (QED) is 0.486. The maximum absolute atomic E-state index is 12.4. The summed E-state index contributed by atoms with van der Waals surface area (Å²) >= 11 is 0. The third-order valence-corrected chi connectivity index (χ3v) is 4.08. The van der Waals surface area contributed by atoms with Crippen molar-refractivity contribution in [3.63, 3.8) is 0 Å². The predicted molar refractivity (Wildman–Crippen MR) is 98.6 cm³/mol. The van der Waals surface area contributed by atoms with E-state index in [9.17, 15) is 14.7 Å². The number of ether oxygens (including phenoxy) is 1. The molecule has 9 nitrogen and oxygen atoms in total. The lowest BCUT2D eigenvalue weighted by atomic mass is 10.1. The molecular formula is C19H14N4O5. The van der Waals surface area contributed by atoms with Crippen LogP contribution in [0.3, 0.4) is 0 Å². The number of benzene rings is 2. The Morgan fingerprint density at radius 2 is 1.89 bits per heavy atom. The van der Waals surface area contributed by atoms with E-state index in [2.05, 4.69) is 15.4 Å². The van der Waals surface area contributed by atoms with Gasteiger partial charge in [0.25, 0.3) is 5.91 Å². The lowest BCUT2D eigenvalue weighted by Crippen LogP contribution is -2.31. The SMILES string of the molecule is O=C(O)CNC(=O)c1c(O)c2cccc(Oc3ccccc3)c2c2ncnn12. The molecule has 0 bridgehead atoms. The Labute approximate surface area is 157 Å². The van der Waals surface area contributed by atoms with Crippen LogP contribution in [0.4, 0.5) is 0 Å². The van der Waals surface area contributed by atoms with E-state index in [1.165, 1.54) is 6.33 Å². The van der Waals surface area contributed by atoms with Gasteiger partial charge in [-0.1, -0.05) is 30.3 Å². The van der Waals surface area contributed by atoms with Crippen LogP contribution < -0.4 is 10.1 Å². The number of hydrogen-bond acceptors (Lipinski definition) is 6. The fraction of sp³-hybridized carbons (Fsp3) is 0.0526. The van der Waals surface area contributed by atoms with Gasteiger partial charge < -0.3 is 20.3 Å². The standard InChI is InChI=1S/C19H14N4O5/c24-14(25)9-20-19(27)16-17(26)12-7-4-8-13(28-11-5-2-1-3-6-11)15(12)18-21-10-22-23(16)18/h1-8,10,26H,9H2,(H,20,27)(H,24,25). The van der Waals surface area contributed by atoms with Gasteiger partial charge in [-0.05, 0) is 18.2 Å². The summed E-state index contributed by atoms with van der Waals surface area (Å²) in [5, 5.41) is 26.5. The number of carboxylic acids is 1. The molecule has 3 N–H and O–H groups in total. The largest absolute Gasteiger partial charge is 0.505 e. The summed E-state index contributed by atoms with van der Waals surface area (Å²) in [6, 6.07) is 14.1. The monoisotopic (exact) mass is 378 g/mol. The maximum atomic E-state index is 12.4. The number of carbonyl (C=O) groups excluding carboxylic acids is 1. The second-order valence-electron chi connectivity index (χ2n) is 5.86. The van der Waals surface area contributed by atoms with Crippen LogP contribution in [0.15, 0.2) is 54.9 Å². The first-order valence-electron chi connectivity index (χ1n) is 8.26. The zero-order chi connectivity index (χ0) is 19.7. The number of rotatable bonds is 5. The van der Waals surface area contributed by atoms with Crippen LogP contribution in [-0.2, 0) is 4.79 Å². The van der Waals surface area contributed by atoms with E-state index in [1.807, 2.05) is 18.2 Å². The predicted octanol–water partition coefficient (Wildman–Crippen LogP) is 2.19. The highest BCUT2D eigenvalue weighted by molar-refractivity contribution is 6.09. The zero-order valence-electron chi connectivity index (χ0n) is 14.4. The van der Waals surface area contributed by atoms with Crippen molar-refractivity contribution in [3.05, 3.63) is 60.6 Å². The number of aromatic hydroxyl groups is 1. The van der Waals surface area contributed by atoms with Crippen LogP contribution in [0.5, 0.6) is 17.2 Å². The van der Waals surface area contributed by atoms with Crippen molar-refractivity contribution in [2.45, 2.75) is 0 Å². The van der Waals surface area contributed by atoms with Crippen molar-refractivity contribution >= 4 is 28.3 Å². The Bertz CT molecular complexity index is 1200. The molecule has 0 aliphatic rings. The van der Waals surface area contributed by atoms with Crippen molar-refractivity contribution in [1.82, 2.24) is 19.9 Å². The smallest absolute Gasteiger partial charge is 0.322 e. The van der Waals surface area contributed by atoms with Gasteiger partial charge in [-0.15, -0.1) is 0 Å². The number of aromatic nitrogens is 3. The second-order valence-corrected chi connectivity index (χ2v) is 5.86. The third-order valence-electron chi connectivity index (χ3n) is 4.08. The van der Waals surface area contributed by atoms with Gasteiger partial charge >= 0.3 is 5.97 Å². The fourth-order valence-corrected chi connectivity index (χ4v) is 2.91. The summed E-state index contributed by atoms with van der Waals surface area (Å²) in [5.41, 5.74) is 0.0814. The third kappa shape index (κ3) is 2.94. The van der Waals surface area contributed by atoms with Crippen molar-refractivity contribution in [2.75, 3.05) is 6.54 Å². The summed E-state index contributed by atoms with van der Waals surface area (Å²) in [6.45, 7) is -0.594. The molecule has 0 radical (unpaired) electrons. The summed E-state index contributed by atoms with van der Waals surface area (Å²) in [7, 11) is 0. The van der Waals surface area contributed by atoms with E-state index < -0.39 is 18.4 Å². The molecule has 0 atom stereocenters. The van der Waals surface area contributed by atoms with Gasteiger partial charge in [0.2, 0.25) is 0 Å². The van der Waals surface area contributed by atoms with E-state index in [-0.39, 0.29) is 11.4 Å². The first kappa shape index (κ1) is 17.3. The Morgan fingerprint density at radius 1 is 1.11 bits per heavy atom. The molecule has 0 aliphatic heterocycles. The molecule has 1 amide bonds. The van der Waals surface area contributed by atoms with Crippen molar-refractivity contribution < 1.29 is 24.5 Å². The van der Waals surface area contributed by atoms with Crippen LogP contribution >= 0.6 is 0 Å². The van der Waals surface area contributed by atoms with Gasteiger partial charge in [0.1, 0.15) is 24.4 Å². The minimum absolute atomic E-state index is 0.210. The number of pyridine rings is 1. The minimum atomic E-state index is -1.21. The van der Waals surface area contributed by atoms with Crippen LogP contribution in [0.1, 0.15) is 10.5 Å². The number of hydrogen-bond donors (Lipinski definition) is 3. The Kier molecular flexibility index (Phi) is 4.24. The fourth-order valence-electron chi connectivity index (χ4n) is 2.91. The van der Waals surface area contributed by atoms with E-state index in [0.717, 1.165) is 4.52 Å². The molecule has 9 heteroatoms. The topological polar surface area (TPSA) is 126 Å². The maximum Gasteiger partial charge on any atom is 0.322 e. The normalized spacial score (nSPS) is 10.9. The molecule has 0 unspecified atom stereocenters. The molecule has 0 fully saturated rings. The molecule has 2 aromatic carbocycles. The van der Waals surface area contributed by atoms with Crippen molar-refractivity contribution in [1.29, 1.82) is 0 Å². The number of fused-ring (bicyclic) bond motifs is 3. The minimum Gasteiger partial charge on any atom is -0.505 e. The van der Waals surface area contributed by atoms with E-state index in [4.69, 9.17) is 9.84 Å². The van der Waals surface area contributed by atoms with Gasteiger partial charge in [0, 0.05) is 5.39 Å². The van der Waals surface area contributed by atoms with E-state index in [1.54, 1.807) is 30.3 Å². The van der Waals surface area contributed by atoms with Crippen molar-refractivity contribution in [3.8, 4) is 17.2 Å². The average molecular weight is 378 g/mol. The number of amides is 1. The first-order valence-corrected chi connectivity index (χ1v) is 8.26. The van der Waals surface area contributed by atoms with Crippen LogP contribution in [0.25, 0.3) is 16.4 Å². The van der Waals surface area contributed by atoms with E-state index >= 15 is 0 Å². The van der Waals surface area contributed by atoms with Gasteiger partial charge in [0.15, 0.2) is 17.1 Å². The number of aliphatic carboxylic acids is 1. The van der Waals surface area contributed by atoms with Gasteiger partial charge in [-0.2, -0.15) is 5.10 Å². The summed E-state index contributed by atoms with van der Waals surface area (Å²) < 4.78 is 7.09. The molecule has 2 heterocycles. The highest BCUT2D eigenvalue weighted by Crippen LogP contribution is 2.38. The Balaban J connectivity index is 1.91. The molecule has 2 aromatic heterocycles. The summed E-state index contributed by atoms with van der Waals surface area (Å²) in [6.07, 6.45) is 1.24. The lowest BCUT2D eigenvalue weighted by Gasteiger charge is -2.13. The Morgan fingerprint density at radius 3 is 2.64 bits per heavy atom. The van der Waals surface area contributed by atoms with Crippen LogP contribution in [0.2, 0.25) is 0 Å². The second kappa shape index (κ2) is 6.88. The van der Waals surface area contributed by atoms with E-state index in [0.29, 0.717) is 27.9 Å². The molecule has 140 valence electrons. The van der Waals surface area contributed by atoms with Crippen LogP contribution in [-0.4, -0.2) is 43.2 Å². The summed E-state index contributed by atoms with van der Waals surface area (Å²) in [5.74, 6) is -1.33. The lowest BCUT2D eigenvalue weighted by molar-refractivity contribution is -0.135. The van der Waals surface area contributed by atoms with Gasteiger partial charge in [-0.25, -0.2) is 9.50 Å². The average Bonchev–Trinajstić information content (AvgIpc) is 3.16. The zero-order valence-corrected chi connectivity index (χ0v) is 14.4. The molecule has 28 heavy (non-hydrogen) atoms. The van der Waals surface area contributed by atoms with Crippen LogP contribution in [0, 0.1) is 0 Å². The molecule has 4 rings (SSSR count). The highest BCUT2D eigenvalue weighted by Gasteiger charge is 2.23. The molecular weight excluding hydrogens is 364 g/mol. The summed E-state index contributed by atoms with van der Waals surface area (Å²) in [4.78, 5) is 27.4. The molecule has 0 saturated heterocycles. The van der Waals surface area contributed by atoms with Crippen molar-refractivity contribution in [2.24, 2.45) is 0 Å². The molecule has 4 aromatic rings. The Hall–Kier alpha value is -4.14.